The van der Waals surface area contributed by atoms with E-state index in [0.717, 1.165) is 0 Å². The smallest absolute Gasteiger partial charge is 0.304 e. The van der Waals surface area contributed by atoms with Crippen LogP contribution in [0.5, 0.6) is 0 Å². The lowest BCUT2D eigenvalue weighted by Crippen LogP contribution is -2.08. The van der Waals surface area contributed by atoms with Crippen molar-refractivity contribution < 1.29 is 22.8 Å². The van der Waals surface area contributed by atoms with E-state index in [0.29, 0.717) is 38.9 Å². The summed E-state index contributed by atoms with van der Waals surface area (Å²) in [6.45, 7) is 4.02. The van der Waals surface area contributed by atoms with Gasteiger partial charge in [-0.05, 0) is 39.5 Å². The number of hydrogen-bond donors (Lipinski definition) is 2. The molecule has 0 aliphatic heterocycles. The van der Waals surface area contributed by atoms with Gasteiger partial charge in [-0.25, -0.2) is 0 Å². The highest BCUT2D eigenvalue weighted by Gasteiger charge is 2.03. The van der Waals surface area contributed by atoms with Crippen LogP contribution in [0.2, 0.25) is 0 Å². The second-order valence-corrected chi connectivity index (χ2v) is 4.71. The van der Waals surface area contributed by atoms with Crippen LogP contribution >= 0.6 is 0 Å². The summed E-state index contributed by atoms with van der Waals surface area (Å²) in [5, 5.41) is 17.9. The maximum atomic E-state index is 11.1. The molecule has 0 aliphatic rings. The summed E-state index contributed by atoms with van der Waals surface area (Å²) in [7, 11) is 0. The highest BCUT2D eigenvalue weighted by Crippen LogP contribution is 2.01. The molecular formula is C10H22O5S. The van der Waals surface area contributed by atoms with E-state index in [2.05, 4.69) is 0 Å². The zero-order valence-corrected chi connectivity index (χ0v) is 10.7. The Hall–Kier alpha value is -0.0100. The summed E-state index contributed by atoms with van der Waals surface area (Å²) < 4.78 is 20.8. The van der Waals surface area contributed by atoms with Crippen molar-refractivity contribution in [3.63, 3.8) is 0 Å². The highest BCUT2D eigenvalue weighted by molar-refractivity contribution is 7.75. The fourth-order valence-electron chi connectivity index (χ4n) is 1.05. The van der Waals surface area contributed by atoms with E-state index >= 15 is 0 Å². The number of aliphatic hydroxyl groups excluding tert-OH is 2. The molecule has 16 heavy (non-hydrogen) atoms. The number of aliphatic hydroxyl groups is 2. The molecule has 2 atom stereocenters. The second kappa shape index (κ2) is 10.2. The SMILES string of the molecule is CC(O)CCCOS(=O)OCCCC(C)O. The molecule has 0 fully saturated rings. The molecule has 0 saturated carbocycles. The Balaban J connectivity index is 3.25. The molecule has 6 heteroatoms. The van der Waals surface area contributed by atoms with Crippen LogP contribution in [0, 0.1) is 0 Å². The fourth-order valence-corrected chi connectivity index (χ4v) is 1.62. The maximum absolute atomic E-state index is 11.1. The first-order valence-corrected chi connectivity index (χ1v) is 6.56. The van der Waals surface area contributed by atoms with E-state index in [1.165, 1.54) is 0 Å². The zero-order chi connectivity index (χ0) is 12.4. The van der Waals surface area contributed by atoms with Crippen molar-refractivity contribution in [2.24, 2.45) is 0 Å². The van der Waals surface area contributed by atoms with Gasteiger partial charge in [0.15, 0.2) is 0 Å². The lowest BCUT2D eigenvalue weighted by atomic mass is 10.2. The summed E-state index contributed by atoms with van der Waals surface area (Å²) in [5.74, 6) is 0. The maximum Gasteiger partial charge on any atom is 0.304 e. The molecule has 0 aromatic heterocycles. The van der Waals surface area contributed by atoms with Crippen LogP contribution in [0.25, 0.3) is 0 Å². The van der Waals surface area contributed by atoms with E-state index in [4.69, 9.17) is 18.6 Å². The Labute approximate surface area is 99.6 Å². The van der Waals surface area contributed by atoms with Gasteiger partial charge in [0.05, 0.1) is 25.4 Å². The second-order valence-electron chi connectivity index (χ2n) is 3.83. The summed E-state index contributed by atoms with van der Waals surface area (Å²) in [5.41, 5.74) is 0. The first-order valence-electron chi connectivity index (χ1n) is 5.56. The average Bonchev–Trinajstić information content (AvgIpc) is 2.19. The van der Waals surface area contributed by atoms with Crippen LogP contribution in [-0.4, -0.2) is 39.8 Å². The van der Waals surface area contributed by atoms with Gasteiger partial charge in [0.1, 0.15) is 0 Å². The minimum atomic E-state index is -1.71. The van der Waals surface area contributed by atoms with Crippen molar-refractivity contribution in [3.05, 3.63) is 0 Å². The van der Waals surface area contributed by atoms with Crippen LogP contribution in [-0.2, 0) is 19.7 Å². The van der Waals surface area contributed by atoms with Gasteiger partial charge in [0.25, 0.3) is 0 Å². The Kier molecular flexibility index (Phi) is 10.2. The molecule has 0 aromatic carbocycles. The molecule has 0 aliphatic carbocycles. The quantitative estimate of drug-likeness (QED) is 0.567. The first kappa shape index (κ1) is 16.0. The van der Waals surface area contributed by atoms with Crippen molar-refractivity contribution in [1.82, 2.24) is 0 Å². The molecule has 0 amide bonds. The zero-order valence-electron chi connectivity index (χ0n) is 9.92. The number of rotatable bonds is 10. The van der Waals surface area contributed by atoms with E-state index in [1.54, 1.807) is 13.8 Å². The molecule has 98 valence electrons. The van der Waals surface area contributed by atoms with Crippen molar-refractivity contribution >= 4 is 11.4 Å². The summed E-state index contributed by atoms with van der Waals surface area (Å²) in [6.07, 6.45) is 1.84. The summed E-state index contributed by atoms with van der Waals surface area (Å²) >= 11 is -1.71. The van der Waals surface area contributed by atoms with Crippen LogP contribution in [0.15, 0.2) is 0 Å². The Morgan fingerprint density at radius 1 is 1.00 bits per heavy atom. The van der Waals surface area contributed by atoms with Crippen LogP contribution < -0.4 is 0 Å². The summed E-state index contributed by atoms with van der Waals surface area (Å²) in [6, 6.07) is 0. The van der Waals surface area contributed by atoms with Crippen LogP contribution in [0.4, 0.5) is 0 Å². The lowest BCUT2D eigenvalue weighted by Gasteiger charge is -2.06. The third-order valence-electron chi connectivity index (χ3n) is 1.89. The molecule has 0 bridgehead atoms. The van der Waals surface area contributed by atoms with Crippen LogP contribution in [0.3, 0.4) is 0 Å². The normalized spacial score (nSPS) is 17.0. The van der Waals surface area contributed by atoms with Crippen molar-refractivity contribution in [3.8, 4) is 0 Å². The monoisotopic (exact) mass is 254 g/mol. The number of hydrogen-bond acceptors (Lipinski definition) is 5. The van der Waals surface area contributed by atoms with E-state index < -0.39 is 11.4 Å². The topological polar surface area (TPSA) is 76.0 Å². The molecule has 2 unspecified atom stereocenters. The third kappa shape index (κ3) is 12.1. The fraction of sp³-hybridized carbons (Fsp3) is 1.00. The van der Waals surface area contributed by atoms with Crippen molar-refractivity contribution in [2.45, 2.75) is 51.7 Å². The van der Waals surface area contributed by atoms with Gasteiger partial charge in [-0.1, -0.05) is 0 Å². The van der Waals surface area contributed by atoms with E-state index in [1.807, 2.05) is 0 Å². The molecule has 0 rings (SSSR count). The van der Waals surface area contributed by atoms with Gasteiger partial charge < -0.3 is 10.2 Å². The predicted molar refractivity (Wildman–Crippen MR) is 61.9 cm³/mol. The molecular weight excluding hydrogens is 232 g/mol. The highest BCUT2D eigenvalue weighted by atomic mass is 32.2. The molecule has 5 nitrogen and oxygen atoms in total. The van der Waals surface area contributed by atoms with Gasteiger partial charge in [-0.3, -0.25) is 8.37 Å². The van der Waals surface area contributed by atoms with Gasteiger partial charge in [0, 0.05) is 0 Å². The molecule has 2 N–H and O–H groups in total. The van der Waals surface area contributed by atoms with E-state index in [9.17, 15) is 4.21 Å². The standard InChI is InChI=1S/C10H22O5S/c1-9(11)5-3-7-14-16(13)15-8-4-6-10(2)12/h9-12H,3-8H2,1-2H3. The molecule has 0 radical (unpaired) electrons. The van der Waals surface area contributed by atoms with Gasteiger partial charge in [-0.2, -0.15) is 4.21 Å². The largest absolute Gasteiger partial charge is 0.393 e. The first-order chi connectivity index (χ1) is 7.52. The minimum absolute atomic E-state index is 0.313. The Bertz CT molecular complexity index is 166. The van der Waals surface area contributed by atoms with Gasteiger partial charge in [-0.15, -0.1) is 0 Å². The predicted octanol–water partition coefficient (Wildman–Crippen LogP) is 0.920. The lowest BCUT2D eigenvalue weighted by molar-refractivity contribution is 0.161. The van der Waals surface area contributed by atoms with Crippen molar-refractivity contribution in [2.75, 3.05) is 13.2 Å². The van der Waals surface area contributed by atoms with Gasteiger partial charge in [0.2, 0.25) is 0 Å². The Morgan fingerprint density at radius 2 is 1.38 bits per heavy atom. The Morgan fingerprint density at radius 3 is 1.69 bits per heavy atom. The molecule has 0 aromatic rings. The summed E-state index contributed by atoms with van der Waals surface area (Å²) in [4.78, 5) is 0. The average molecular weight is 254 g/mol. The van der Waals surface area contributed by atoms with Crippen molar-refractivity contribution in [1.29, 1.82) is 0 Å². The molecule has 0 heterocycles. The van der Waals surface area contributed by atoms with Gasteiger partial charge >= 0.3 is 11.4 Å². The minimum Gasteiger partial charge on any atom is -0.393 e. The van der Waals surface area contributed by atoms with E-state index in [-0.39, 0.29) is 12.2 Å². The third-order valence-corrected chi connectivity index (χ3v) is 2.61. The molecule has 0 spiro atoms. The van der Waals surface area contributed by atoms with Crippen LogP contribution in [0.1, 0.15) is 39.5 Å². The molecule has 0 saturated heterocycles.